The lowest BCUT2D eigenvalue weighted by molar-refractivity contribution is 0.161. The van der Waals surface area contributed by atoms with Crippen LogP contribution in [0, 0.1) is 11.7 Å². The fourth-order valence-electron chi connectivity index (χ4n) is 2.43. The molecule has 112 valence electrons. The minimum Gasteiger partial charge on any atom is -0.383 e. The van der Waals surface area contributed by atoms with Crippen molar-refractivity contribution in [3.63, 3.8) is 0 Å². The third kappa shape index (κ3) is 4.85. The first kappa shape index (κ1) is 15.4. The molecular formula is C16H25FN2O. The van der Waals surface area contributed by atoms with Crippen LogP contribution in [0.25, 0.3) is 0 Å². The Bertz CT molecular complexity index is 392. The molecule has 4 heteroatoms. The van der Waals surface area contributed by atoms with E-state index in [1.165, 1.54) is 18.4 Å². The zero-order valence-corrected chi connectivity index (χ0v) is 12.4. The quantitative estimate of drug-likeness (QED) is 0.752. The lowest BCUT2D eigenvalue weighted by Gasteiger charge is -2.22. The average molecular weight is 280 g/mol. The van der Waals surface area contributed by atoms with Gasteiger partial charge < -0.3 is 15.0 Å². The van der Waals surface area contributed by atoms with Crippen LogP contribution < -0.4 is 5.32 Å². The first-order valence-electron chi connectivity index (χ1n) is 7.37. The van der Waals surface area contributed by atoms with Gasteiger partial charge in [-0.3, -0.25) is 0 Å². The monoisotopic (exact) mass is 280 g/mol. The van der Waals surface area contributed by atoms with Crippen molar-refractivity contribution in [2.45, 2.75) is 18.9 Å². The van der Waals surface area contributed by atoms with Gasteiger partial charge in [0.1, 0.15) is 5.82 Å². The molecule has 1 fully saturated rings. The molecule has 0 radical (unpaired) electrons. The van der Waals surface area contributed by atoms with Crippen molar-refractivity contribution < 1.29 is 9.13 Å². The lowest BCUT2D eigenvalue weighted by Crippen LogP contribution is -2.34. The first-order valence-corrected chi connectivity index (χ1v) is 7.37. The summed E-state index contributed by atoms with van der Waals surface area (Å²) in [6.45, 7) is 3.65. The number of ether oxygens (including phenoxy) is 1. The van der Waals surface area contributed by atoms with Gasteiger partial charge in [-0.25, -0.2) is 4.39 Å². The Morgan fingerprint density at radius 1 is 1.30 bits per heavy atom. The van der Waals surface area contributed by atoms with Crippen LogP contribution in [0.5, 0.6) is 0 Å². The van der Waals surface area contributed by atoms with Crippen molar-refractivity contribution in [1.29, 1.82) is 0 Å². The van der Waals surface area contributed by atoms with Gasteiger partial charge in [0.15, 0.2) is 0 Å². The van der Waals surface area contributed by atoms with Gasteiger partial charge in [0.05, 0.1) is 6.61 Å². The topological polar surface area (TPSA) is 24.5 Å². The highest BCUT2D eigenvalue weighted by atomic mass is 19.1. The largest absolute Gasteiger partial charge is 0.383 e. The second kappa shape index (κ2) is 7.72. The zero-order valence-electron chi connectivity index (χ0n) is 12.4. The van der Waals surface area contributed by atoms with Crippen molar-refractivity contribution in [2.75, 3.05) is 40.4 Å². The third-order valence-corrected chi connectivity index (χ3v) is 3.86. The van der Waals surface area contributed by atoms with Gasteiger partial charge in [0.25, 0.3) is 0 Å². The molecule has 1 N–H and O–H groups in total. The molecule has 1 saturated carbocycles. The fraction of sp³-hybridized carbons (Fsp3) is 0.625. The Hall–Kier alpha value is -0.970. The smallest absolute Gasteiger partial charge is 0.123 e. The van der Waals surface area contributed by atoms with E-state index in [2.05, 4.69) is 17.3 Å². The molecule has 20 heavy (non-hydrogen) atoms. The number of likely N-dealkylation sites (N-methyl/N-ethyl adjacent to an activating group) is 1. The third-order valence-electron chi connectivity index (χ3n) is 3.86. The lowest BCUT2D eigenvalue weighted by atomic mass is 10.0. The second-order valence-electron chi connectivity index (χ2n) is 5.62. The minimum absolute atomic E-state index is 0.164. The zero-order chi connectivity index (χ0) is 14.4. The highest BCUT2D eigenvalue weighted by Gasteiger charge is 2.31. The summed E-state index contributed by atoms with van der Waals surface area (Å²) < 4.78 is 18.1. The molecule has 1 aromatic rings. The Morgan fingerprint density at radius 3 is 2.60 bits per heavy atom. The van der Waals surface area contributed by atoms with E-state index >= 15 is 0 Å². The number of benzene rings is 1. The second-order valence-corrected chi connectivity index (χ2v) is 5.62. The first-order chi connectivity index (χ1) is 9.70. The van der Waals surface area contributed by atoms with Gasteiger partial charge in [0, 0.05) is 32.8 Å². The highest BCUT2D eigenvalue weighted by molar-refractivity contribution is 5.22. The molecule has 0 heterocycles. The van der Waals surface area contributed by atoms with Crippen LogP contribution in [-0.4, -0.2) is 45.3 Å². The van der Waals surface area contributed by atoms with Gasteiger partial charge >= 0.3 is 0 Å². The number of nitrogens with one attached hydrogen (secondary N) is 1. The van der Waals surface area contributed by atoms with Crippen LogP contribution in [0.3, 0.4) is 0 Å². The van der Waals surface area contributed by atoms with Gasteiger partial charge in [-0.1, -0.05) is 12.1 Å². The van der Waals surface area contributed by atoms with Gasteiger partial charge in [-0.05, 0) is 43.5 Å². The van der Waals surface area contributed by atoms with Crippen molar-refractivity contribution in [3.8, 4) is 0 Å². The normalized spacial score (nSPS) is 16.6. The molecule has 3 nitrogen and oxygen atoms in total. The summed E-state index contributed by atoms with van der Waals surface area (Å²) in [4.78, 5) is 2.26. The maximum absolute atomic E-state index is 13.0. The number of hydrogen-bond donors (Lipinski definition) is 1. The molecule has 0 bridgehead atoms. The number of nitrogens with zero attached hydrogens (tertiary/aromatic N) is 1. The molecule has 0 amide bonds. The minimum atomic E-state index is -0.164. The van der Waals surface area contributed by atoms with E-state index in [-0.39, 0.29) is 5.82 Å². The molecule has 1 aliphatic rings. The number of hydrogen-bond acceptors (Lipinski definition) is 3. The molecular weight excluding hydrogens is 255 g/mol. The summed E-state index contributed by atoms with van der Waals surface area (Å²) in [5.41, 5.74) is 1.20. The predicted octanol–water partition coefficient (Wildman–Crippen LogP) is 2.44. The molecule has 0 aliphatic heterocycles. The average Bonchev–Trinajstić information content (AvgIpc) is 3.27. The van der Waals surface area contributed by atoms with E-state index in [1.807, 2.05) is 12.1 Å². The molecule has 1 atom stereocenters. The highest BCUT2D eigenvalue weighted by Crippen LogP contribution is 2.40. The van der Waals surface area contributed by atoms with Crippen LogP contribution >= 0.6 is 0 Å². The van der Waals surface area contributed by atoms with Crippen molar-refractivity contribution >= 4 is 0 Å². The maximum Gasteiger partial charge on any atom is 0.123 e. The summed E-state index contributed by atoms with van der Waals surface area (Å²) in [5.74, 6) is 0.548. The summed E-state index contributed by atoms with van der Waals surface area (Å²) >= 11 is 0. The van der Waals surface area contributed by atoms with E-state index in [0.717, 1.165) is 26.2 Å². The number of methoxy groups -OCH3 is 1. The van der Waals surface area contributed by atoms with E-state index in [0.29, 0.717) is 12.0 Å². The number of rotatable bonds is 9. The van der Waals surface area contributed by atoms with Crippen molar-refractivity contribution in [2.24, 2.45) is 5.92 Å². The molecule has 0 spiro atoms. The van der Waals surface area contributed by atoms with Crippen LogP contribution in [0.15, 0.2) is 24.3 Å². The molecule has 2 rings (SSSR count). The summed E-state index contributed by atoms with van der Waals surface area (Å²) in [5, 5.41) is 3.62. The van der Waals surface area contributed by atoms with Crippen LogP contribution in [0.4, 0.5) is 4.39 Å². The molecule has 0 saturated heterocycles. The van der Waals surface area contributed by atoms with Crippen molar-refractivity contribution in [1.82, 2.24) is 10.2 Å². The van der Waals surface area contributed by atoms with Crippen molar-refractivity contribution in [3.05, 3.63) is 35.6 Å². The van der Waals surface area contributed by atoms with Gasteiger partial charge in [0.2, 0.25) is 0 Å². The molecule has 0 aromatic heterocycles. The van der Waals surface area contributed by atoms with E-state index < -0.39 is 0 Å². The fourth-order valence-corrected chi connectivity index (χ4v) is 2.43. The Morgan fingerprint density at radius 2 is 2.00 bits per heavy atom. The standard InChI is InChI=1S/C16H25FN2O/c1-19(11-12-20-2)10-9-18-16(13-3-4-13)14-5-7-15(17)8-6-14/h5-8,13,16,18H,3-4,9-12H2,1-2H3. The maximum atomic E-state index is 13.0. The molecule has 1 aromatic carbocycles. The van der Waals surface area contributed by atoms with E-state index in [1.54, 1.807) is 19.2 Å². The SMILES string of the molecule is COCCN(C)CCNC(c1ccc(F)cc1)C1CC1. The van der Waals surface area contributed by atoms with E-state index in [9.17, 15) is 4.39 Å². The Labute approximate surface area is 121 Å². The van der Waals surface area contributed by atoms with Crippen LogP contribution in [0.1, 0.15) is 24.4 Å². The van der Waals surface area contributed by atoms with Gasteiger partial charge in [-0.15, -0.1) is 0 Å². The Balaban J connectivity index is 1.80. The summed E-state index contributed by atoms with van der Waals surface area (Å²) in [6, 6.07) is 7.28. The number of halogens is 1. The van der Waals surface area contributed by atoms with Crippen LogP contribution in [0.2, 0.25) is 0 Å². The molecule has 1 unspecified atom stereocenters. The Kier molecular flexibility index (Phi) is 5.95. The van der Waals surface area contributed by atoms with Gasteiger partial charge in [-0.2, -0.15) is 0 Å². The summed E-state index contributed by atoms with van der Waals surface area (Å²) in [6.07, 6.45) is 2.54. The van der Waals surface area contributed by atoms with E-state index in [4.69, 9.17) is 4.74 Å². The molecule has 1 aliphatic carbocycles. The predicted molar refractivity (Wildman–Crippen MR) is 79.2 cm³/mol. The van der Waals surface area contributed by atoms with Crippen LogP contribution in [-0.2, 0) is 4.74 Å². The summed E-state index contributed by atoms with van der Waals surface area (Å²) in [7, 11) is 3.83.